The summed E-state index contributed by atoms with van der Waals surface area (Å²) >= 11 is 1.32. The minimum Gasteiger partial charge on any atom is -0.449 e. The predicted octanol–water partition coefficient (Wildman–Crippen LogP) is -0.229. The summed E-state index contributed by atoms with van der Waals surface area (Å²) in [6, 6.07) is 0. The van der Waals surface area contributed by atoms with Gasteiger partial charge in [0.1, 0.15) is 0 Å². The Bertz CT molecular complexity index is 219. The Hall–Kier alpha value is -0.830. The van der Waals surface area contributed by atoms with Crippen LogP contribution in [0.4, 0.5) is 4.79 Å². The van der Waals surface area contributed by atoms with Crippen LogP contribution in [0, 0.1) is 0 Å². The molecule has 8 heteroatoms. The zero-order valence-electron chi connectivity index (χ0n) is 8.66. The van der Waals surface area contributed by atoms with Crippen LogP contribution in [0.5, 0.6) is 0 Å². The Morgan fingerprint density at radius 3 is 2.38 bits per heavy atom. The number of thioether (sulfide) groups is 1. The maximum atomic E-state index is 9.84. The quantitative estimate of drug-likeness (QED) is 0.469. The predicted molar refractivity (Wildman–Crippen MR) is 58.9 cm³/mol. The average molecular weight is 253 g/mol. The molecule has 0 unspecified atom stereocenters. The van der Waals surface area contributed by atoms with E-state index in [1.165, 1.54) is 11.8 Å². The number of aliphatic imine (C=N–C) groups is 1. The Kier molecular flexibility index (Phi) is 10.1. The third-order valence-electron chi connectivity index (χ3n) is 1.20. The SMILES string of the molecule is O=C(O)OC1=NCCS1.OCCOCCO. The van der Waals surface area contributed by atoms with Gasteiger partial charge in [0.15, 0.2) is 0 Å². The molecule has 1 rings (SSSR count). The first-order valence-electron chi connectivity index (χ1n) is 4.58. The van der Waals surface area contributed by atoms with Gasteiger partial charge >= 0.3 is 6.16 Å². The minimum absolute atomic E-state index is 0.0278. The van der Waals surface area contributed by atoms with E-state index in [2.05, 4.69) is 14.5 Å². The molecule has 0 amide bonds. The first kappa shape index (κ1) is 15.2. The van der Waals surface area contributed by atoms with Gasteiger partial charge in [-0.05, 0) is 0 Å². The van der Waals surface area contributed by atoms with E-state index in [4.69, 9.17) is 15.3 Å². The largest absolute Gasteiger partial charge is 0.513 e. The van der Waals surface area contributed by atoms with Gasteiger partial charge in [0.05, 0.1) is 33.0 Å². The molecule has 3 N–H and O–H groups in total. The van der Waals surface area contributed by atoms with Crippen molar-refractivity contribution in [3.63, 3.8) is 0 Å². The second kappa shape index (κ2) is 10.7. The summed E-state index contributed by atoms with van der Waals surface area (Å²) in [7, 11) is 0. The zero-order valence-corrected chi connectivity index (χ0v) is 9.48. The second-order valence-electron chi connectivity index (χ2n) is 2.42. The smallest absolute Gasteiger partial charge is 0.449 e. The zero-order chi connectivity index (χ0) is 12.2. The molecule has 1 heterocycles. The average Bonchev–Trinajstić information content (AvgIpc) is 2.71. The van der Waals surface area contributed by atoms with Crippen LogP contribution in [0.1, 0.15) is 0 Å². The van der Waals surface area contributed by atoms with Gasteiger partial charge < -0.3 is 24.8 Å². The van der Waals surface area contributed by atoms with E-state index in [0.717, 1.165) is 5.75 Å². The number of carboxylic acid groups (broad SMARTS) is 1. The molecule has 0 spiro atoms. The van der Waals surface area contributed by atoms with Crippen LogP contribution in [-0.4, -0.2) is 65.4 Å². The van der Waals surface area contributed by atoms with Crippen LogP contribution in [0.2, 0.25) is 0 Å². The van der Waals surface area contributed by atoms with Gasteiger partial charge in [0, 0.05) is 5.75 Å². The lowest BCUT2D eigenvalue weighted by molar-refractivity contribution is 0.0650. The number of hydrogen-bond acceptors (Lipinski definition) is 7. The molecule has 0 radical (unpaired) electrons. The molecule has 0 saturated heterocycles. The fourth-order valence-corrected chi connectivity index (χ4v) is 1.35. The van der Waals surface area contributed by atoms with Crippen LogP contribution >= 0.6 is 11.8 Å². The van der Waals surface area contributed by atoms with Crippen LogP contribution in [-0.2, 0) is 9.47 Å². The number of aliphatic hydroxyl groups is 2. The van der Waals surface area contributed by atoms with Crippen LogP contribution < -0.4 is 0 Å². The van der Waals surface area contributed by atoms with Crippen molar-refractivity contribution in [2.24, 2.45) is 4.99 Å². The fourth-order valence-electron chi connectivity index (χ4n) is 0.683. The third kappa shape index (κ3) is 9.71. The van der Waals surface area contributed by atoms with Crippen molar-refractivity contribution in [3.8, 4) is 0 Å². The van der Waals surface area contributed by atoms with E-state index < -0.39 is 6.16 Å². The number of aliphatic hydroxyl groups excluding tert-OH is 2. The standard InChI is InChI=1S/C4H5NO3S.C4H10O3/c6-4(7)8-3-5-1-2-9-3;5-1-3-7-4-2-6/h1-2H2,(H,6,7);5-6H,1-4H2. The molecule has 0 aliphatic carbocycles. The normalized spacial score (nSPS) is 13.8. The maximum absolute atomic E-state index is 9.84. The molecule has 1 aliphatic heterocycles. The summed E-state index contributed by atoms with van der Waals surface area (Å²) in [5.41, 5.74) is 0. The van der Waals surface area contributed by atoms with E-state index >= 15 is 0 Å². The number of rotatable bonds is 4. The molecule has 1 aliphatic rings. The topological polar surface area (TPSA) is 109 Å². The highest BCUT2D eigenvalue weighted by Gasteiger charge is 2.10. The van der Waals surface area contributed by atoms with Crippen molar-refractivity contribution in [1.82, 2.24) is 0 Å². The molecule has 0 saturated carbocycles. The highest BCUT2D eigenvalue weighted by Crippen LogP contribution is 2.11. The molecule has 0 aromatic heterocycles. The van der Waals surface area contributed by atoms with E-state index in [9.17, 15) is 4.79 Å². The van der Waals surface area contributed by atoms with Crippen LogP contribution in [0.3, 0.4) is 0 Å². The van der Waals surface area contributed by atoms with Gasteiger partial charge in [-0.25, -0.2) is 9.79 Å². The molecule has 0 fully saturated rings. The molecule has 16 heavy (non-hydrogen) atoms. The molecule has 0 atom stereocenters. The number of carbonyl (C=O) groups is 1. The van der Waals surface area contributed by atoms with Gasteiger partial charge in [0.2, 0.25) is 0 Å². The Morgan fingerprint density at radius 1 is 1.38 bits per heavy atom. The molecule has 94 valence electrons. The van der Waals surface area contributed by atoms with E-state index in [0.29, 0.717) is 19.8 Å². The number of hydrogen-bond donors (Lipinski definition) is 3. The van der Waals surface area contributed by atoms with Crippen LogP contribution in [0.15, 0.2) is 4.99 Å². The van der Waals surface area contributed by atoms with E-state index in [1.807, 2.05) is 0 Å². The van der Waals surface area contributed by atoms with E-state index in [-0.39, 0.29) is 18.4 Å². The fraction of sp³-hybridized carbons (Fsp3) is 0.750. The minimum atomic E-state index is -1.29. The highest BCUT2D eigenvalue weighted by molar-refractivity contribution is 8.13. The Balaban J connectivity index is 0.000000293. The summed E-state index contributed by atoms with van der Waals surface area (Å²) in [6.07, 6.45) is -1.29. The first-order chi connectivity index (χ1) is 7.70. The summed E-state index contributed by atoms with van der Waals surface area (Å²) in [6.45, 7) is 1.36. The highest BCUT2D eigenvalue weighted by atomic mass is 32.2. The van der Waals surface area contributed by atoms with Gasteiger partial charge in [-0.3, -0.25) is 0 Å². The summed E-state index contributed by atoms with van der Waals surface area (Å²) in [5, 5.41) is 24.5. The summed E-state index contributed by atoms with van der Waals surface area (Å²) in [4.78, 5) is 13.6. The molecule has 0 bridgehead atoms. The molecule has 0 aromatic rings. The van der Waals surface area contributed by atoms with Crippen molar-refractivity contribution >= 4 is 23.1 Å². The molecule has 0 aromatic carbocycles. The molecular formula is C8H15NO6S. The number of ether oxygens (including phenoxy) is 2. The van der Waals surface area contributed by atoms with Gasteiger partial charge in [0.25, 0.3) is 5.23 Å². The van der Waals surface area contributed by atoms with Crippen molar-refractivity contribution in [2.75, 3.05) is 38.7 Å². The monoisotopic (exact) mass is 253 g/mol. The first-order valence-corrected chi connectivity index (χ1v) is 5.56. The summed E-state index contributed by atoms with van der Waals surface area (Å²) in [5.74, 6) is 0.822. The Morgan fingerprint density at radius 2 is 2.00 bits per heavy atom. The third-order valence-corrected chi connectivity index (χ3v) is 2.05. The lowest BCUT2D eigenvalue weighted by atomic mass is 10.7. The lowest BCUT2D eigenvalue weighted by Crippen LogP contribution is -2.03. The molecule has 7 nitrogen and oxygen atoms in total. The maximum Gasteiger partial charge on any atom is 0.513 e. The van der Waals surface area contributed by atoms with Crippen molar-refractivity contribution in [1.29, 1.82) is 0 Å². The van der Waals surface area contributed by atoms with Crippen molar-refractivity contribution in [3.05, 3.63) is 0 Å². The van der Waals surface area contributed by atoms with Crippen molar-refractivity contribution < 1.29 is 29.6 Å². The second-order valence-corrected chi connectivity index (χ2v) is 3.47. The summed E-state index contributed by atoms with van der Waals surface area (Å²) < 4.78 is 8.87. The van der Waals surface area contributed by atoms with Gasteiger partial charge in [-0.1, -0.05) is 11.8 Å². The lowest BCUT2D eigenvalue weighted by Gasteiger charge is -1.94. The Labute approximate surface area is 97.1 Å². The van der Waals surface area contributed by atoms with Gasteiger partial charge in [-0.15, -0.1) is 0 Å². The van der Waals surface area contributed by atoms with Crippen molar-refractivity contribution in [2.45, 2.75) is 0 Å². The van der Waals surface area contributed by atoms with Crippen LogP contribution in [0.25, 0.3) is 0 Å². The van der Waals surface area contributed by atoms with E-state index in [1.54, 1.807) is 0 Å². The number of nitrogens with zero attached hydrogens (tertiary/aromatic N) is 1. The molecular weight excluding hydrogens is 238 g/mol. The van der Waals surface area contributed by atoms with Gasteiger partial charge in [-0.2, -0.15) is 0 Å².